The zero-order chi connectivity index (χ0) is 40.6. The van der Waals surface area contributed by atoms with Crippen LogP contribution in [0.4, 0.5) is 22.7 Å². The number of nitriles is 1. The summed E-state index contributed by atoms with van der Waals surface area (Å²) >= 11 is 11.3. The smallest absolute Gasteiger partial charge is 0.254 e. The number of carbonyl (C=O) groups is 4. The van der Waals surface area contributed by atoms with E-state index in [1.807, 2.05) is 49.1 Å². The van der Waals surface area contributed by atoms with Crippen LogP contribution in [0.1, 0.15) is 70.4 Å². The van der Waals surface area contributed by atoms with E-state index in [1.54, 1.807) is 29.2 Å². The first kappa shape index (κ1) is 40.4. The Balaban J connectivity index is 0.930. The molecular formula is C42H49ClN8O5S. The van der Waals surface area contributed by atoms with Gasteiger partial charge in [-0.25, -0.2) is 0 Å². The van der Waals surface area contributed by atoms with Crippen molar-refractivity contribution in [1.82, 2.24) is 15.1 Å². The minimum atomic E-state index is -0.895. The molecule has 4 amide bonds. The lowest BCUT2D eigenvalue weighted by atomic mass is 10.0. The zero-order valence-corrected chi connectivity index (χ0v) is 34.3. The van der Waals surface area contributed by atoms with Gasteiger partial charge in [0.05, 0.1) is 17.1 Å². The van der Waals surface area contributed by atoms with Gasteiger partial charge in [-0.05, 0) is 113 Å². The number of benzene rings is 3. The average Bonchev–Trinajstić information content (AvgIpc) is 3.99. The fourth-order valence-electron chi connectivity index (χ4n) is 8.07. The summed E-state index contributed by atoms with van der Waals surface area (Å²) in [6.45, 7) is 11.1. The van der Waals surface area contributed by atoms with Crippen LogP contribution in [0.5, 0.6) is 5.75 Å². The fourth-order valence-corrected chi connectivity index (χ4v) is 8.94. The van der Waals surface area contributed by atoms with Crippen LogP contribution in [0, 0.1) is 11.3 Å². The van der Waals surface area contributed by atoms with Gasteiger partial charge in [-0.15, -0.1) is 12.6 Å². The van der Waals surface area contributed by atoms with Gasteiger partial charge in [-0.1, -0.05) is 17.7 Å². The van der Waals surface area contributed by atoms with Gasteiger partial charge in [-0.2, -0.15) is 5.26 Å². The molecule has 300 valence electrons. The monoisotopic (exact) mass is 812 g/mol. The van der Waals surface area contributed by atoms with Crippen LogP contribution in [0.3, 0.4) is 0 Å². The van der Waals surface area contributed by atoms with Gasteiger partial charge in [0.2, 0.25) is 17.7 Å². The summed E-state index contributed by atoms with van der Waals surface area (Å²) < 4.78 is 6.48. The number of rotatable bonds is 12. The van der Waals surface area contributed by atoms with Crippen molar-refractivity contribution in [3.05, 3.63) is 76.8 Å². The van der Waals surface area contributed by atoms with Crippen LogP contribution in [0.2, 0.25) is 5.02 Å². The fraction of sp³-hybridized carbons (Fsp3) is 0.452. The van der Waals surface area contributed by atoms with Crippen molar-refractivity contribution >= 4 is 70.6 Å². The number of piperazine rings is 1. The standard InChI is InChI=1S/C42H49ClN8O5S/c1-25-23-49(24-38(53)46-30-7-5-6-29(18-30)45-35-13-15-37(52)47-39(35)54)26(2)22-48(25)16-17-56-36-14-12-32(19-33(36)27-8-9-27)51-41(57)50(40(55)42(51,3)4)31-11-10-28(21-44)34(43)20-31/h5-7,10-12,14,18-20,25-27,35,41,45,57H,8-9,13,15-17,22-24H2,1-4H3,(H,46,53)(H,47,52,54)/t25-,26-,35?,41+/m1/s1. The van der Waals surface area contributed by atoms with E-state index < -0.39 is 17.1 Å². The third kappa shape index (κ3) is 8.72. The molecule has 0 spiro atoms. The number of nitrogens with one attached hydrogen (secondary N) is 3. The van der Waals surface area contributed by atoms with Gasteiger partial charge in [-0.3, -0.25) is 39.2 Å². The number of anilines is 4. The summed E-state index contributed by atoms with van der Waals surface area (Å²) in [6.07, 6.45) is 2.86. The molecule has 3 aliphatic heterocycles. The Labute approximate surface area is 344 Å². The Morgan fingerprint density at radius 3 is 2.42 bits per heavy atom. The molecule has 4 fully saturated rings. The number of piperidine rings is 1. The van der Waals surface area contributed by atoms with E-state index >= 15 is 0 Å². The number of carbonyl (C=O) groups excluding carboxylic acids is 4. The maximum atomic E-state index is 13.8. The predicted molar refractivity (Wildman–Crippen MR) is 224 cm³/mol. The topological polar surface area (TPSA) is 150 Å². The molecule has 7 rings (SSSR count). The van der Waals surface area contributed by atoms with E-state index in [0.29, 0.717) is 41.6 Å². The highest BCUT2D eigenvalue weighted by molar-refractivity contribution is 7.81. The summed E-state index contributed by atoms with van der Waals surface area (Å²) in [5.74, 6) is 0.403. The van der Waals surface area contributed by atoms with Crippen LogP contribution in [0.25, 0.3) is 0 Å². The first-order valence-corrected chi connectivity index (χ1v) is 20.4. The van der Waals surface area contributed by atoms with Gasteiger partial charge < -0.3 is 20.3 Å². The summed E-state index contributed by atoms with van der Waals surface area (Å²) in [4.78, 5) is 58.9. The van der Waals surface area contributed by atoms with Crippen molar-refractivity contribution < 1.29 is 23.9 Å². The number of hydrogen-bond acceptors (Lipinski definition) is 11. The second-order valence-electron chi connectivity index (χ2n) is 16.0. The van der Waals surface area contributed by atoms with E-state index in [-0.39, 0.29) is 53.7 Å². The molecule has 13 nitrogen and oxygen atoms in total. The Hall–Kier alpha value is -4.81. The average molecular weight is 813 g/mol. The highest BCUT2D eigenvalue weighted by atomic mass is 35.5. The Morgan fingerprint density at radius 1 is 0.982 bits per heavy atom. The molecule has 3 heterocycles. The molecule has 0 bridgehead atoms. The van der Waals surface area contributed by atoms with Gasteiger partial charge in [0, 0.05) is 60.9 Å². The number of hydrogen-bond donors (Lipinski definition) is 4. The Bertz CT molecular complexity index is 2110. The lowest BCUT2D eigenvalue weighted by Crippen LogP contribution is -2.58. The van der Waals surface area contributed by atoms with E-state index in [2.05, 4.69) is 51.7 Å². The van der Waals surface area contributed by atoms with Gasteiger partial charge in [0.25, 0.3) is 5.91 Å². The summed E-state index contributed by atoms with van der Waals surface area (Å²) in [5, 5.41) is 18.1. The molecule has 15 heteroatoms. The van der Waals surface area contributed by atoms with E-state index in [4.69, 9.17) is 29.0 Å². The van der Waals surface area contributed by atoms with Crippen LogP contribution in [-0.2, 0) is 19.2 Å². The largest absolute Gasteiger partial charge is 0.492 e. The Kier molecular flexibility index (Phi) is 11.7. The number of thiol groups is 1. The quantitative estimate of drug-likeness (QED) is 0.135. The number of amides is 4. The minimum Gasteiger partial charge on any atom is -0.492 e. The minimum absolute atomic E-state index is 0.114. The number of halogens is 1. The van der Waals surface area contributed by atoms with E-state index in [0.717, 1.165) is 49.5 Å². The van der Waals surface area contributed by atoms with Gasteiger partial charge in [0.15, 0.2) is 5.50 Å². The van der Waals surface area contributed by atoms with Crippen molar-refractivity contribution in [1.29, 1.82) is 5.26 Å². The van der Waals surface area contributed by atoms with Crippen LogP contribution in [0.15, 0.2) is 60.7 Å². The highest BCUT2D eigenvalue weighted by Gasteiger charge is 2.51. The molecule has 0 aromatic heterocycles. The lowest BCUT2D eigenvalue weighted by Gasteiger charge is -2.43. The SMILES string of the molecule is C[C@@H]1CN(CC(=O)Nc2cccc(NC3CCC(=O)NC3=O)c2)[C@H](C)CN1CCOc1ccc(N2[C@@H](S)N(c3ccc(C#N)c(Cl)c3)C(=O)C2(C)C)cc1C1CC1. The van der Waals surface area contributed by atoms with Crippen molar-refractivity contribution in [2.45, 2.75) is 88.5 Å². The van der Waals surface area contributed by atoms with Crippen LogP contribution >= 0.6 is 24.2 Å². The number of nitrogens with zero attached hydrogens (tertiary/aromatic N) is 5. The van der Waals surface area contributed by atoms with E-state index in [1.165, 1.54) is 0 Å². The molecule has 1 saturated carbocycles. The summed E-state index contributed by atoms with van der Waals surface area (Å²) in [7, 11) is 0. The molecule has 1 unspecified atom stereocenters. The molecule has 57 heavy (non-hydrogen) atoms. The maximum absolute atomic E-state index is 13.8. The lowest BCUT2D eigenvalue weighted by molar-refractivity contribution is -0.133. The zero-order valence-electron chi connectivity index (χ0n) is 32.6. The van der Waals surface area contributed by atoms with Crippen molar-refractivity contribution in [3.8, 4) is 11.8 Å². The molecule has 1 aliphatic carbocycles. The second-order valence-corrected chi connectivity index (χ2v) is 16.8. The van der Waals surface area contributed by atoms with Crippen LogP contribution < -0.4 is 30.5 Å². The normalized spacial score (nSPS) is 23.9. The van der Waals surface area contributed by atoms with E-state index in [9.17, 15) is 24.4 Å². The van der Waals surface area contributed by atoms with Crippen molar-refractivity contribution in [3.63, 3.8) is 0 Å². The van der Waals surface area contributed by atoms with Gasteiger partial charge >= 0.3 is 0 Å². The molecule has 0 radical (unpaired) electrons. The van der Waals surface area contributed by atoms with Crippen LogP contribution in [-0.4, -0.2) is 95.4 Å². The number of ether oxygens (including phenoxy) is 1. The number of imide groups is 1. The van der Waals surface area contributed by atoms with Crippen molar-refractivity contribution in [2.75, 3.05) is 53.2 Å². The molecule has 4 atom stereocenters. The first-order valence-electron chi connectivity index (χ1n) is 19.5. The molecular weight excluding hydrogens is 764 g/mol. The first-order chi connectivity index (χ1) is 27.2. The summed E-state index contributed by atoms with van der Waals surface area (Å²) in [5.41, 5.74) is 2.77. The molecule has 3 saturated heterocycles. The third-order valence-electron chi connectivity index (χ3n) is 11.4. The Morgan fingerprint density at radius 2 is 1.70 bits per heavy atom. The molecule has 3 aromatic carbocycles. The molecule has 4 aliphatic rings. The predicted octanol–water partition coefficient (Wildman–Crippen LogP) is 5.56. The summed E-state index contributed by atoms with van der Waals surface area (Å²) in [6, 6.07) is 20.3. The second kappa shape index (κ2) is 16.6. The highest BCUT2D eigenvalue weighted by Crippen LogP contribution is 2.48. The van der Waals surface area contributed by atoms with Crippen molar-refractivity contribution in [2.24, 2.45) is 0 Å². The molecule has 3 N–H and O–H groups in total. The van der Waals surface area contributed by atoms with Gasteiger partial charge in [0.1, 0.15) is 30.0 Å². The third-order valence-corrected chi connectivity index (χ3v) is 12.2. The molecule has 3 aromatic rings. The maximum Gasteiger partial charge on any atom is 0.254 e.